The molecule has 21 heavy (non-hydrogen) atoms. The van der Waals surface area contributed by atoms with Crippen molar-refractivity contribution in [2.24, 2.45) is 0 Å². The summed E-state index contributed by atoms with van der Waals surface area (Å²) in [5.74, 6) is 1.30. The molecule has 0 aliphatic heterocycles. The maximum atomic E-state index is 12.0. The average molecular weight is 284 g/mol. The zero-order valence-electron chi connectivity index (χ0n) is 11.9. The van der Waals surface area contributed by atoms with Gasteiger partial charge in [-0.3, -0.25) is 4.79 Å². The minimum absolute atomic E-state index is 0.132. The van der Waals surface area contributed by atoms with Crippen LogP contribution in [0.5, 0.6) is 17.2 Å². The van der Waals surface area contributed by atoms with E-state index in [1.54, 1.807) is 44.6 Å². The van der Waals surface area contributed by atoms with Crippen molar-refractivity contribution in [3.8, 4) is 17.2 Å². The first kappa shape index (κ1) is 14.7. The van der Waals surface area contributed by atoms with Gasteiger partial charge in [0.15, 0.2) is 5.78 Å². The zero-order chi connectivity index (χ0) is 15.2. The molecule has 0 spiro atoms. The van der Waals surface area contributed by atoms with Gasteiger partial charge in [0, 0.05) is 17.2 Å². The molecule has 1 N–H and O–H groups in total. The Morgan fingerprint density at radius 3 is 2.38 bits per heavy atom. The maximum absolute atomic E-state index is 12.0. The van der Waals surface area contributed by atoms with Crippen molar-refractivity contribution in [2.45, 2.75) is 0 Å². The van der Waals surface area contributed by atoms with Crippen molar-refractivity contribution in [3.05, 3.63) is 59.7 Å². The van der Waals surface area contributed by atoms with Gasteiger partial charge in [0.1, 0.15) is 17.2 Å². The number of hydrogen-bond donors (Lipinski definition) is 1. The number of benzene rings is 2. The summed E-state index contributed by atoms with van der Waals surface area (Å²) in [6, 6.07) is 11.5. The fraction of sp³-hybridized carbons (Fsp3) is 0.118. The van der Waals surface area contributed by atoms with Crippen LogP contribution in [-0.2, 0) is 0 Å². The Bertz CT molecular complexity index is 657. The molecular weight excluding hydrogens is 268 g/mol. The number of rotatable bonds is 5. The molecule has 2 aromatic carbocycles. The predicted molar refractivity (Wildman–Crippen MR) is 81.0 cm³/mol. The lowest BCUT2D eigenvalue weighted by Crippen LogP contribution is -1.94. The topological polar surface area (TPSA) is 55.8 Å². The zero-order valence-corrected chi connectivity index (χ0v) is 11.9. The highest BCUT2D eigenvalue weighted by molar-refractivity contribution is 6.07. The highest BCUT2D eigenvalue weighted by atomic mass is 16.5. The van der Waals surface area contributed by atoms with Crippen molar-refractivity contribution < 1.29 is 19.4 Å². The van der Waals surface area contributed by atoms with Gasteiger partial charge >= 0.3 is 0 Å². The number of ketones is 1. The standard InChI is InChI=1S/C17H16O4/c1-20-15-9-5-13(17(11-15)21-2)6-10-16(19)12-3-7-14(18)8-4-12/h3-11,18H,1-2H3/b10-6+. The first-order valence-electron chi connectivity index (χ1n) is 6.37. The summed E-state index contributed by atoms with van der Waals surface area (Å²) in [5, 5.41) is 9.21. The molecule has 0 heterocycles. The van der Waals surface area contributed by atoms with Crippen LogP contribution in [0.15, 0.2) is 48.5 Å². The first-order valence-corrected chi connectivity index (χ1v) is 6.37. The van der Waals surface area contributed by atoms with Crippen LogP contribution in [0.25, 0.3) is 6.08 Å². The molecule has 2 aromatic rings. The molecule has 0 fully saturated rings. The van der Waals surface area contributed by atoms with Gasteiger partial charge in [-0.15, -0.1) is 0 Å². The number of methoxy groups -OCH3 is 2. The lowest BCUT2D eigenvalue weighted by Gasteiger charge is -2.07. The fourth-order valence-electron chi connectivity index (χ4n) is 1.84. The first-order chi connectivity index (χ1) is 10.1. The van der Waals surface area contributed by atoms with Gasteiger partial charge in [0.2, 0.25) is 0 Å². The third kappa shape index (κ3) is 3.63. The molecule has 108 valence electrons. The smallest absolute Gasteiger partial charge is 0.185 e. The quantitative estimate of drug-likeness (QED) is 0.676. The number of aromatic hydroxyl groups is 1. The molecule has 0 saturated carbocycles. The number of phenols is 1. The summed E-state index contributed by atoms with van der Waals surface area (Å²) in [6.45, 7) is 0. The van der Waals surface area contributed by atoms with Gasteiger partial charge in [-0.05, 0) is 48.6 Å². The van der Waals surface area contributed by atoms with E-state index in [1.807, 2.05) is 6.07 Å². The van der Waals surface area contributed by atoms with Crippen molar-refractivity contribution in [1.29, 1.82) is 0 Å². The van der Waals surface area contributed by atoms with E-state index >= 15 is 0 Å². The second kappa shape index (κ2) is 6.61. The van der Waals surface area contributed by atoms with Gasteiger partial charge in [-0.2, -0.15) is 0 Å². The SMILES string of the molecule is COc1ccc(/C=C/C(=O)c2ccc(O)cc2)c(OC)c1. The summed E-state index contributed by atoms with van der Waals surface area (Å²) in [7, 11) is 3.15. The summed E-state index contributed by atoms with van der Waals surface area (Å²) in [5.41, 5.74) is 1.29. The molecule has 0 amide bonds. The van der Waals surface area contributed by atoms with Crippen LogP contribution in [0.3, 0.4) is 0 Å². The molecule has 0 saturated heterocycles. The van der Waals surface area contributed by atoms with Crippen LogP contribution in [0.2, 0.25) is 0 Å². The summed E-state index contributed by atoms with van der Waals surface area (Å²) < 4.78 is 10.4. The Morgan fingerprint density at radius 1 is 1.05 bits per heavy atom. The molecule has 2 rings (SSSR count). The summed E-state index contributed by atoms with van der Waals surface area (Å²) in [6.07, 6.45) is 3.16. The lowest BCUT2D eigenvalue weighted by molar-refractivity contribution is 0.104. The van der Waals surface area contributed by atoms with E-state index in [1.165, 1.54) is 18.2 Å². The summed E-state index contributed by atoms with van der Waals surface area (Å²) >= 11 is 0. The molecule has 0 atom stereocenters. The second-order valence-corrected chi connectivity index (χ2v) is 4.35. The van der Waals surface area contributed by atoms with Crippen LogP contribution in [0.1, 0.15) is 15.9 Å². The number of allylic oxidation sites excluding steroid dienone is 1. The van der Waals surface area contributed by atoms with Gasteiger partial charge in [-0.25, -0.2) is 0 Å². The Kier molecular flexibility index (Phi) is 4.61. The fourth-order valence-corrected chi connectivity index (χ4v) is 1.84. The van der Waals surface area contributed by atoms with Crippen molar-refractivity contribution in [3.63, 3.8) is 0 Å². The second-order valence-electron chi connectivity index (χ2n) is 4.35. The largest absolute Gasteiger partial charge is 0.508 e. The van der Waals surface area contributed by atoms with E-state index in [2.05, 4.69) is 0 Å². The van der Waals surface area contributed by atoms with Crippen LogP contribution in [0, 0.1) is 0 Å². The van der Waals surface area contributed by atoms with Gasteiger partial charge in [0.25, 0.3) is 0 Å². The average Bonchev–Trinajstić information content (AvgIpc) is 2.53. The van der Waals surface area contributed by atoms with Crippen LogP contribution < -0.4 is 9.47 Å². The Hall–Kier alpha value is -2.75. The maximum Gasteiger partial charge on any atom is 0.185 e. The Morgan fingerprint density at radius 2 is 1.76 bits per heavy atom. The normalized spacial score (nSPS) is 10.6. The minimum Gasteiger partial charge on any atom is -0.508 e. The predicted octanol–water partition coefficient (Wildman–Crippen LogP) is 3.31. The Balaban J connectivity index is 2.20. The third-order valence-corrected chi connectivity index (χ3v) is 3.01. The van der Waals surface area contributed by atoms with Crippen LogP contribution in [0.4, 0.5) is 0 Å². The molecule has 0 radical (unpaired) electrons. The van der Waals surface area contributed by atoms with E-state index < -0.39 is 0 Å². The molecule has 0 aliphatic carbocycles. The van der Waals surface area contributed by atoms with E-state index in [0.29, 0.717) is 17.1 Å². The number of carbonyl (C=O) groups excluding carboxylic acids is 1. The van der Waals surface area contributed by atoms with Crippen LogP contribution >= 0.6 is 0 Å². The van der Waals surface area contributed by atoms with E-state index in [4.69, 9.17) is 9.47 Å². The minimum atomic E-state index is -0.145. The molecular formula is C17H16O4. The molecule has 0 bridgehead atoms. The van der Waals surface area contributed by atoms with Gasteiger partial charge < -0.3 is 14.6 Å². The molecule has 0 aliphatic rings. The van der Waals surface area contributed by atoms with E-state index in [0.717, 1.165) is 5.56 Å². The van der Waals surface area contributed by atoms with Gasteiger partial charge in [0.05, 0.1) is 14.2 Å². The summed E-state index contributed by atoms with van der Waals surface area (Å²) in [4.78, 5) is 12.0. The molecule has 4 nitrogen and oxygen atoms in total. The molecule has 0 aromatic heterocycles. The third-order valence-electron chi connectivity index (χ3n) is 3.01. The van der Waals surface area contributed by atoms with E-state index in [-0.39, 0.29) is 11.5 Å². The van der Waals surface area contributed by atoms with Crippen molar-refractivity contribution in [2.75, 3.05) is 14.2 Å². The number of phenolic OH excluding ortho intramolecular Hbond substituents is 1. The van der Waals surface area contributed by atoms with E-state index in [9.17, 15) is 9.90 Å². The molecule has 4 heteroatoms. The van der Waals surface area contributed by atoms with Crippen molar-refractivity contribution in [1.82, 2.24) is 0 Å². The van der Waals surface area contributed by atoms with Gasteiger partial charge in [-0.1, -0.05) is 0 Å². The Labute approximate surface area is 123 Å². The number of ether oxygens (including phenoxy) is 2. The lowest BCUT2D eigenvalue weighted by atomic mass is 10.1. The number of hydrogen-bond acceptors (Lipinski definition) is 4. The van der Waals surface area contributed by atoms with Crippen molar-refractivity contribution >= 4 is 11.9 Å². The highest BCUT2D eigenvalue weighted by Gasteiger charge is 2.04. The highest BCUT2D eigenvalue weighted by Crippen LogP contribution is 2.25. The molecule has 0 unspecified atom stereocenters. The number of carbonyl (C=O) groups is 1. The van der Waals surface area contributed by atoms with Crippen LogP contribution in [-0.4, -0.2) is 25.1 Å². The monoisotopic (exact) mass is 284 g/mol.